The maximum atomic E-state index is 13.4. The number of nitrogens with zero attached hydrogens (tertiary/aromatic N) is 1. The second-order valence-corrected chi connectivity index (χ2v) is 7.43. The zero-order valence-corrected chi connectivity index (χ0v) is 19.3. The average Bonchev–Trinajstić information content (AvgIpc) is 2.83. The van der Waals surface area contributed by atoms with E-state index in [0.717, 1.165) is 0 Å². The van der Waals surface area contributed by atoms with Crippen LogP contribution in [-0.2, 0) is 6.61 Å². The molecule has 6 nitrogen and oxygen atoms in total. The third-order valence-electron chi connectivity index (χ3n) is 4.49. The van der Waals surface area contributed by atoms with Crippen LogP contribution in [0.1, 0.15) is 28.4 Å². The molecule has 0 saturated heterocycles. The number of carbonyl (C=O) groups is 1. The highest BCUT2D eigenvalue weighted by atomic mass is 35.5. The molecule has 0 unspecified atom stereocenters. The van der Waals surface area contributed by atoms with Crippen LogP contribution < -0.4 is 19.6 Å². The van der Waals surface area contributed by atoms with E-state index < -0.39 is 5.91 Å². The van der Waals surface area contributed by atoms with Gasteiger partial charge in [-0.2, -0.15) is 5.10 Å². The van der Waals surface area contributed by atoms with Gasteiger partial charge in [-0.25, -0.2) is 9.82 Å². The highest BCUT2D eigenvalue weighted by Crippen LogP contribution is 2.28. The van der Waals surface area contributed by atoms with Crippen molar-refractivity contribution < 1.29 is 23.4 Å². The summed E-state index contributed by atoms with van der Waals surface area (Å²) in [4.78, 5) is 12.6. The summed E-state index contributed by atoms with van der Waals surface area (Å²) < 4.78 is 30.3. The fourth-order valence-corrected chi connectivity index (χ4v) is 3.13. The van der Waals surface area contributed by atoms with E-state index in [1.54, 1.807) is 54.6 Å². The molecular weight excluding hydrogens is 459 g/mol. The summed E-state index contributed by atoms with van der Waals surface area (Å²) in [6.45, 7) is 6.36. The molecule has 1 amide bonds. The van der Waals surface area contributed by atoms with Gasteiger partial charge in [0, 0.05) is 16.1 Å². The quantitative estimate of drug-likeness (QED) is 0.213. The monoisotopic (exact) mass is 482 g/mol. The first-order valence-electron chi connectivity index (χ1n) is 10.5. The Kier molecular flexibility index (Phi) is 9.05. The van der Waals surface area contributed by atoms with Crippen LogP contribution in [0.3, 0.4) is 0 Å². The highest BCUT2D eigenvalue weighted by Gasteiger charge is 2.11. The van der Waals surface area contributed by atoms with Gasteiger partial charge >= 0.3 is 0 Å². The third kappa shape index (κ3) is 7.08. The molecule has 3 rings (SSSR count). The maximum absolute atomic E-state index is 13.4. The first-order chi connectivity index (χ1) is 16.5. The van der Waals surface area contributed by atoms with Crippen LogP contribution in [0.15, 0.2) is 78.4 Å². The number of nitrogens with one attached hydrogen (secondary N) is 1. The van der Waals surface area contributed by atoms with Gasteiger partial charge in [0.15, 0.2) is 11.5 Å². The molecule has 0 aliphatic carbocycles. The zero-order chi connectivity index (χ0) is 24.3. The van der Waals surface area contributed by atoms with E-state index in [2.05, 4.69) is 17.1 Å². The molecule has 0 fully saturated rings. The molecule has 34 heavy (non-hydrogen) atoms. The maximum Gasteiger partial charge on any atom is 0.271 e. The number of rotatable bonds is 11. The van der Waals surface area contributed by atoms with Crippen molar-refractivity contribution in [3.05, 3.63) is 101 Å². The normalized spacial score (nSPS) is 10.7. The SMILES string of the molecule is C=CCOc1ccc(C(=O)N/N=C/c2cc(Cl)ccc2OCc2cccc(F)c2)cc1OCC. The van der Waals surface area contributed by atoms with Crippen molar-refractivity contribution in [2.75, 3.05) is 13.2 Å². The molecule has 0 aliphatic heterocycles. The summed E-state index contributed by atoms with van der Waals surface area (Å²) in [5.74, 6) is 0.671. The molecule has 3 aromatic carbocycles. The summed E-state index contributed by atoms with van der Waals surface area (Å²) in [7, 11) is 0. The Labute approximate surface area is 202 Å². The summed E-state index contributed by atoms with van der Waals surface area (Å²) >= 11 is 6.10. The van der Waals surface area contributed by atoms with E-state index in [1.165, 1.54) is 18.3 Å². The minimum Gasteiger partial charge on any atom is -0.490 e. The van der Waals surface area contributed by atoms with E-state index in [-0.39, 0.29) is 12.4 Å². The van der Waals surface area contributed by atoms with Crippen LogP contribution in [0, 0.1) is 5.82 Å². The van der Waals surface area contributed by atoms with Gasteiger partial charge in [-0.3, -0.25) is 4.79 Å². The van der Waals surface area contributed by atoms with Gasteiger partial charge in [0.1, 0.15) is 24.8 Å². The Morgan fingerprint density at radius 1 is 1.06 bits per heavy atom. The Morgan fingerprint density at radius 3 is 2.65 bits per heavy atom. The van der Waals surface area contributed by atoms with Crippen molar-refractivity contribution in [2.24, 2.45) is 5.10 Å². The molecule has 3 aromatic rings. The van der Waals surface area contributed by atoms with Gasteiger partial charge in [0.05, 0.1) is 12.8 Å². The van der Waals surface area contributed by atoms with E-state index in [0.29, 0.717) is 52.2 Å². The van der Waals surface area contributed by atoms with Crippen LogP contribution in [0.4, 0.5) is 4.39 Å². The molecule has 176 valence electrons. The molecule has 1 N–H and O–H groups in total. The Hall–Kier alpha value is -3.84. The standard InChI is InChI=1S/C26H24ClFN2O4/c1-3-12-33-24-10-8-19(15-25(24)32-4-2)26(31)30-29-16-20-14-21(27)9-11-23(20)34-17-18-6-5-7-22(28)13-18/h3,5-11,13-16H,1,4,12,17H2,2H3,(H,30,31)/b29-16+. The average molecular weight is 483 g/mol. The van der Waals surface area contributed by atoms with Crippen molar-refractivity contribution in [1.29, 1.82) is 0 Å². The van der Waals surface area contributed by atoms with Crippen molar-refractivity contribution in [3.63, 3.8) is 0 Å². The van der Waals surface area contributed by atoms with Gasteiger partial charge in [-0.1, -0.05) is 36.4 Å². The summed E-state index contributed by atoms with van der Waals surface area (Å²) in [6, 6.07) is 16.0. The lowest BCUT2D eigenvalue weighted by atomic mass is 10.2. The Balaban J connectivity index is 1.69. The van der Waals surface area contributed by atoms with Crippen LogP contribution in [0.25, 0.3) is 0 Å². The molecule has 0 atom stereocenters. The highest BCUT2D eigenvalue weighted by molar-refractivity contribution is 6.30. The van der Waals surface area contributed by atoms with Crippen molar-refractivity contribution in [1.82, 2.24) is 5.43 Å². The summed E-state index contributed by atoms with van der Waals surface area (Å²) in [5.41, 5.74) is 4.05. The zero-order valence-electron chi connectivity index (χ0n) is 18.6. The number of carbonyl (C=O) groups excluding carboxylic acids is 1. The van der Waals surface area contributed by atoms with Crippen molar-refractivity contribution in [2.45, 2.75) is 13.5 Å². The minimum atomic E-state index is -0.434. The fraction of sp³-hybridized carbons (Fsp3) is 0.154. The lowest BCUT2D eigenvalue weighted by molar-refractivity contribution is 0.0954. The summed E-state index contributed by atoms with van der Waals surface area (Å²) in [6.07, 6.45) is 3.05. The third-order valence-corrected chi connectivity index (χ3v) is 4.72. The van der Waals surface area contributed by atoms with Crippen LogP contribution >= 0.6 is 11.6 Å². The molecule has 0 spiro atoms. The molecular formula is C26H24ClFN2O4. The smallest absolute Gasteiger partial charge is 0.271 e. The second kappa shape index (κ2) is 12.4. The number of benzene rings is 3. The topological polar surface area (TPSA) is 69.2 Å². The van der Waals surface area contributed by atoms with Gasteiger partial charge in [-0.05, 0) is 61.0 Å². The molecule has 0 aromatic heterocycles. The number of halogens is 2. The lowest BCUT2D eigenvalue weighted by Gasteiger charge is -2.12. The predicted molar refractivity (Wildman–Crippen MR) is 131 cm³/mol. The molecule has 0 radical (unpaired) electrons. The number of hydrogen-bond acceptors (Lipinski definition) is 5. The van der Waals surface area contributed by atoms with Crippen molar-refractivity contribution >= 4 is 23.7 Å². The number of amides is 1. The van der Waals surface area contributed by atoms with Crippen molar-refractivity contribution in [3.8, 4) is 17.2 Å². The number of ether oxygens (including phenoxy) is 3. The first kappa shape index (κ1) is 24.8. The predicted octanol–water partition coefficient (Wildman–Crippen LogP) is 5.79. The fourth-order valence-electron chi connectivity index (χ4n) is 2.95. The number of hydrazone groups is 1. The van der Waals surface area contributed by atoms with E-state index in [9.17, 15) is 9.18 Å². The van der Waals surface area contributed by atoms with Gasteiger partial charge in [0.25, 0.3) is 5.91 Å². The molecule has 0 heterocycles. The molecule has 0 saturated carbocycles. The lowest BCUT2D eigenvalue weighted by Crippen LogP contribution is -2.18. The van der Waals surface area contributed by atoms with Crippen LogP contribution in [-0.4, -0.2) is 25.3 Å². The second-order valence-electron chi connectivity index (χ2n) is 6.99. The van der Waals surface area contributed by atoms with Crippen LogP contribution in [0.5, 0.6) is 17.2 Å². The summed E-state index contributed by atoms with van der Waals surface area (Å²) in [5, 5.41) is 4.50. The van der Waals surface area contributed by atoms with E-state index in [4.69, 9.17) is 25.8 Å². The van der Waals surface area contributed by atoms with E-state index >= 15 is 0 Å². The first-order valence-corrected chi connectivity index (χ1v) is 10.9. The van der Waals surface area contributed by atoms with E-state index in [1.807, 2.05) is 6.92 Å². The van der Waals surface area contributed by atoms with Gasteiger partial charge < -0.3 is 14.2 Å². The minimum absolute atomic E-state index is 0.160. The van der Waals surface area contributed by atoms with Crippen LogP contribution in [0.2, 0.25) is 5.02 Å². The largest absolute Gasteiger partial charge is 0.490 e. The molecule has 8 heteroatoms. The molecule has 0 aliphatic rings. The number of hydrogen-bond donors (Lipinski definition) is 1. The Morgan fingerprint density at radius 2 is 1.88 bits per heavy atom. The Bertz CT molecular complexity index is 1180. The van der Waals surface area contributed by atoms with Gasteiger partial charge in [-0.15, -0.1) is 0 Å². The van der Waals surface area contributed by atoms with Gasteiger partial charge in [0.2, 0.25) is 0 Å². The molecule has 0 bridgehead atoms.